The van der Waals surface area contributed by atoms with E-state index in [4.69, 9.17) is 9.47 Å². The number of nitrogens with one attached hydrogen (secondary N) is 2. The number of ether oxygens (including phenoxy) is 2. The summed E-state index contributed by atoms with van der Waals surface area (Å²) in [6.07, 6.45) is 2.01. The Morgan fingerprint density at radius 3 is 2.78 bits per heavy atom. The fourth-order valence-electron chi connectivity index (χ4n) is 3.32. The molecule has 144 valence electrons. The summed E-state index contributed by atoms with van der Waals surface area (Å²) < 4.78 is 37.5. The average Bonchev–Trinajstić information content (AvgIpc) is 3.20. The Kier molecular flexibility index (Phi) is 4.90. The van der Waals surface area contributed by atoms with Crippen LogP contribution >= 0.6 is 0 Å². The van der Waals surface area contributed by atoms with Crippen molar-refractivity contribution >= 4 is 15.9 Å². The molecule has 0 bridgehead atoms. The van der Waals surface area contributed by atoms with E-state index in [0.717, 1.165) is 11.3 Å². The van der Waals surface area contributed by atoms with Crippen molar-refractivity contribution in [3.8, 4) is 5.75 Å². The molecule has 2 N–H and O–H groups in total. The van der Waals surface area contributed by atoms with Crippen molar-refractivity contribution in [1.82, 2.24) is 14.6 Å². The van der Waals surface area contributed by atoms with Gasteiger partial charge in [0.1, 0.15) is 16.3 Å². The lowest BCUT2D eigenvalue weighted by Crippen LogP contribution is -2.40. The normalized spacial score (nSPS) is 20.5. The molecule has 1 saturated heterocycles. The predicted octanol–water partition coefficient (Wildman–Crippen LogP) is 1.29. The minimum atomic E-state index is -3.63. The maximum absolute atomic E-state index is 12.7. The molecule has 0 saturated carbocycles. The number of aromatic nitrogens is 1. The van der Waals surface area contributed by atoms with E-state index < -0.39 is 10.0 Å². The van der Waals surface area contributed by atoms with E-state index in [1.807, 2.05) is 24.3 Å². The van der Waals surface area contributed by atoms with Crippen LogP contribution in [0.25, 0.3) is 0 Å². The molecule has 4 rings (SSSR count). The summed E-state index contributed by atoms with van der Waals surface area (Å²) in [5.41, 5.74) is 1.13. The number of rotatable bonds is 4. The van der Waals surface area contributed by atoms with Crippen LogP contribution in [-0.2, 0) is 14.8 Å². The number of carbonyl (C=O) groups excluding carboxylic acids is 1. The molecule has 0 spiro atoms. The van der Waals surface area contributed by atoms with E-state index in [-0.39, 0.29) is 22.5 Å². The maximum atomic E-state index is 12.7. The summed E-state index contributed by atoms with van der Waals surface area (Å²) in [7, 11) is -3.63. The first-order valence-electron chi connectivity index (χ1n) is 8.84. The van der Waals surface area contributed by atoms with Gasteiger partial charge in [0.25, 0.3) is 5.91 Å². The van der Waals surface area contributed by atoms with Crippen LogP contribution in [0.5, 0.6) is 5.75 Å². The van der Waals surface area contributed by atoms with Gasteiger partial charge in [-0.3, -0.25) is 4.79 Å². The second-order valence-corrected chi connectivity index (χ2v) is 8.40. The number of hydrogen-bond donors (Lipinski definition) is 2. The molecule has 8 nitrogen and oxygen atoms in total. The first-order valence-corrected chi connectivity index (χ1v) is 10.3. The van der Waals surface area contributed by atoms with Crippen LogP contribution in [0.1, 0.15) is 28.5 Å². The molecule has 1 amide bonds. The molecule has 2 aromatic rings. The van der Waals surface area contributed by atoms with E-state index in [1.54, 1.807) is 0 Å². The summed E-state index contributed by atoms with van der Waals surface area (Å²) >= 11 is 0. The Hall–Kier alpha value is -2.36. The molecular weight excluding hydrogens is 370 g/mol. The number of benzene rings is 1. The highest BCUT2D eigenvalue weighted by Gasteiger charge is 2.29. The second kappa shape index (κ2) is 7.34. The smallest absolute Gasteiger partial charge is 0.268 e. The lowest BCUT2D eigenvalue weighted by molar-refractivity contribution is 0.0730. The average molecular weight is 391 g/mol. The largest absolute Gasteiger partial charge is 0.493 e. The van der Waals surface area contributed by atoms with Crippen LogP contribution in [0.2, 0.25) is 0 Å². The van der Waals surface area contributed by atoms with Crippen LogP contribution in [0, 0.1) is 0 Å². The highest BCUT2D eigenvalue weighted by molar-refractivity contribution is 7.89. The number of fused-ring (bicyclic) bond motifs is 1. The number of carbonyl (C=O) groups is 1. The van der Waals surface area contributed by atoms with E-state index in [2.05, 4.69) is 10.3 Å². The van der Waals surface area contributed by atoms with Crippen molar-refractivity contribution in [2.45, 2.75) is 17.4 Å². The molecule has 9 heteroatoms. The highest BCUT2D eigenvalue weighted by Crippen LogP contribution is 2.31. The van der Waals surface area contributed by atoms with Gasteiger partial charge in [0, 0.05) is 31.3 Å². The van der Waals surface area contributed by atoms with Crippen LogP contribution in [-0.4, -0.2) is 56.5 Å². The molecule has 1 atom stereocenters. The fourth-order valence-corrected chi connectivity index (χ4v) is 4.72. The van der Waals surface area contributed by atoms with Gasteiger partial charge in [-0.25, -0.2) is 8.42 Å². The lowest BCUT2D eigenvalue weighted by Gasteiger charge is -2.26. The molecular formula is C18H21N3O5S. The number of morpholine rings is 1. The van der Waals surface area contributed by atoms with Crippen molar-refractivity contribution < 1.29 is 22.7 Å². The SMILES string of the molecule is O=C(NC1CCOc2ccccc21)c1cc(S(=O)(=O)N2CCOCC2)c[nH]1. The fraction of sp³-hybridized carbons (Fsp3) is 0.389. The van der Waals surface area contributed by atoms with E-state index in [9.17, 15) is 13.2 Å². The van der Waals surface area contributed by atoms with Gasteiger partial charge in [0.2, 0.25) is 10.0 Å². The van der Waals surface area contributed by atoms with E-state index in [1.165, 1.54) is 16.6 Å². The number of nitrogens with zero attached hydrogens (tertiary/aromatic N) is 1. The van der Waals surface area contributed by atoms with Gasteiger partial charge < -0.3 is 19.8 Å². The third-order valence-corrected chi connectivity index (χ3v) is 6.65. The van der Waals surface area contributed by atoms with Gasteiger partial charge in [-0.05, 0) is 12.1 Å². The minimum Gasteiger partial charge on any atom is -0.493 e. The molecule has 1 aromatic carbocycles. The molecule has 27 heavy (non-hydrogen) atoms. The Morgan fingerprint density at radius 1 is 1.19 bits per heavy atom. The maximum Gasteiger partial charge on any atom is 0.268 e. The van der Waals surface area contributed by atoms with Crippen LogP contribution in [0.4, 0.5) is 0 Å². The van der Waals surface area contributed by atoms with Gasteiger partial charge >= 0.3 is 0 Å². The van der Waals surface area contributed by atoms with Crippen molar-refractivity contribution in [3.05, 3.63) is 47.8 Å². The molecule has 1 unspecified atom stereocenters. The summed E-state index contributed by atoms with van der Waals surface area (Å²) in [6.45, 7) is 1.89. The number of aromatic amines is 1. The number of H-pyrrole nitrogens is 1. The Bertz CT molecular complexity index is 934. The molecule has 2 aliphatic rings. The molecule has 2 aliphatic heterocycles. The van der Waals surface area contributed by atoms with Crippen LogP contribution < -0.4 is 10.1 Å². The molecule has 3 heterocycles. The minimum absolute atomic E-state index is 0.0851. The van der Waals surface area contributed by atoms with Gasteiger partial charge in [0.05, 0.1) is 25.9 Å². The molecule has 1 aromatic heterocycles. The number of sulfonamides is 1. The zero-order valence-corrected chi connectivity index (χ0v) is 15.5. The number of para-hydroxylation sites is 1. The summed E-state index contributed by atoms with van der Waals surface area (Å²) in [5, 5.41) is 2.96. The van der Waals surface area contributed by atoms with Crippen molar-refractivity contribution in [1.29, 1.82) is 0 Å². The Morgan fingerprint density at radius 2 is 1.96 bits per heavy atom. The topological polar surface area (TPSA) is 101 Å². The summed E-state index contributed by atoms with van der Waals surface area (Å²) in [5.74, 6) is 0.413. The lowest BCUT2D eigenvalue weighted by atomic mass is 10.0. The van der Waals surface area contributed by atoms with Crippen molar-refractivity contribution in [2.75, 3.05) is 32.9 Å². The summed E-state index contributed by atoms with van der Waals surface area (Å²) in [4.78, 5) is 15.5. The zero-order chi connectivity index (χ0) is 18.9. The Balaban J connectivity index is 1.50. The number of hydrogen-bond acceptors (Lipinski definition) is 5. The van der Waals surface area contributed by atoms with Crippen molar-refractivity contribution in [2.24, 2.45) is 0 Å². The van der Waals surface area contributed by atoms with Gasteiger partial charge in [-0.15, -0.1) is 0 Å². The van der Waals surface area contributed by atoms with Crippen molar-refractivity contribution in [3.63, 3.8) is 0 Å². The highest BCUT2D eigenvalue weighted by atomic mass is 32.2. The third kappa shape index (κ3) is 3.58. The zero-order valence-electron chi connectivity index (χ0n) is 14.7. The molecule has 0 radical (unpaired) electrons. The van der Waals surface area contributed by atoms with Crippen LogP contribution in [0.3, 0.4) is 0 Å². The van der Waals surface area contributed by atoms with Gasteiger partial charge in [0.15, 0.2) is 0 Å². The standard InChI is InChI=1S/C18H21N3O5S/c22-18(20-15-5-8-26-17-4-2-1-3-14(15)17)16-11-13(12-19-16)27(23,24)21-6-9-25-10-7-21/h1-4,11-12,15,19H,5-10H2,(H,20,22). The first kappa shape index (κ1) is 18.0. The number of amides is 1. The summed E-state index contributed by atoms with van der Waals surface area (Å²) in [6, 6.07) is 8.78. The molecule has 1 fully saturated rings. The second-order valence-electron chi connectivity index (χ2n) is 6.47. The Labute approximate surface area is 157 Å². The third-order valence-electron chi connectivity index (χ3n) is 4.77. The monoisotopic (exact) mass is 391 g/mol. The van der Waals surface area contributed by atoms with E-state index in [0.29, 0.717) is 39.3 Å². The van der Waals surface area contributed by atoms with Gasteiger partial charge in [-0.2, -0.15) is 4.31 Å². The van der Waals surface area contributed by atoms with Crippen LogP contribution in [0.15, 0.2) is 41.4 Å². The molecule has 0 aliphatic carbocycles. The predicted molar refractivity (Wildman–Crippen MR) is 97.1 cm³/mol. The quantitative estimate of drug-likeness (QED) is 0.818. The van der Waals surface area contributed by atoms with Gasteiger partial charge in [-0.1, -0.05) is 18.2 Å². The van der Waals surface area contributed by atoms with E-state index >= 15 is 0 Å². The first-order chi connectivity index (χ1) is 13.1.